The highest BCUT2D eigenvalue weighted by atomic mass is 32.1. The standard InChI is InChI=1S/C27H31F4N7O4S/c1-33-9-17(24(32)40-2)26(39)34-10-21-36-25(37-42-21)23-16(8-27(29,30)31)15-4-3-5-20(22(15)43-23)35-19-6-7-38(11-18(19)28)14-12-41-13-14/h3-5,9,14,18-19,35H,6-8,10-13,32H2,1-2H3,(H,34,39)/b24-17-,33-9?/t18-,19+/m0/s1. The third-order valence-electron chi connectivity index (χ3n) is 7.31. The Labute approximate surface area is 248 Å². The number of carbonyl (C=O) groups is 1. The van der Waals surface area contributed by atoms with Gasteiger partial charge in [0, 0.05) is 26.4 Å². The van der Waals surface area contributed by atoms with Crippen molar-refractivity contribution in [2.45, 2.75) is 43.8 Å². The molecule has 11 nitrogen and oxygen atoms in total. The number of nitrogens with zero attached hydrogens (tertiary/aromatic N) is 4. The number of anilines is 1. The van der Waals surface area contributed by atoms with Crippen molar-refractivity contribution >= 4 is 39.2 Å². The third-order valence-corrected chi connectivity index (χ3v) is 8.58. The fraction of sp³-hybridized carbons (Fsp3) is 0.481. The summed E-state index contributed by atoms with van der Waals surface area (Å²) in [5.41, 5.74) is 6.19. The average Bonchev–Trinajstić information content (AvgIpc) is 3.55. The Morgan fingerprint density at radius 2 is 2.14 bits per heavy atom. The largest absolute Gasteiger partial charge is 0.482 e. The van der Waals surface area contributed by atoms with Crippen LogP contribution in [0.3, 0.4) is 0 Å². The van der Waals surface area contributed by atoms with Crippen LogP contribution in [0.2, 0.25) is 0 Å². The molecule has 3 aromatic rings. The Morgan fingerprint density at radius 3 is 2.79 bits per heavy atom. The number of likely N-dealkylation sites (tertiary alicyclic amines) is 1. The van der Waals surface area contributed by atoms with Crippen molar-refractivity contribution in [2.24, 2.45) is 10.7 Å². The van der Waals surface area contributed by atoms with E-state index in [2.05, 4.69) is 30.7 Å². The van der Waals surface area contributed by atoms with E-state index in [4.69, 9.17) is 19.7 Å². The highest BCUT2D eigenvalue weighted by molar-refractivity contribution is 7.23. The first-order valence-electron chi connectivity index (χ1n) is 13.5. The number of fused-ring (bicyclic) bond motifs is 1. The average molecular weight is 626 g/mol. The van der Waals surface area contributed by atoms with Crippen LogP contribution < -0.4 is 16.4 Å². The maximum Gasteiger partial charge on any atom is 0.393 e. The molecule has 4 N–H and O–H groups in total. The van der Waals surface area contributed by atoms with Gasteiger partial charge in [-0.05, 0) is 23.4 Å². The molecular formula is C27H31F4N7O4S. The van der Waals surface area contributed by atoms with Crippen molar-refractivity contribution in [3.8, 4) is 10.7 Å². The summed E-state index contributed by atoms with van der Waals surface area (Å²) in [6, 6.07) is 4.70. The molecule has 5 rings (SSSR count). The van der Waals surface area contributed by atoms with Gasteiger partial charge in [0.25, 0.3) is 5.91 Å². The van der Waals surface area contributed by atoms with Crippen LogP contribution in [0.15, 0.2) is 39.2 Å². The first-order chi connectivity index (χ1) is 20.6. The molecular weight excluding hydrogens is 594 g/mol. The molecule has 2 atom stereocenters. The van der Waals surface area contributed by atoms with Gasteiger partial charge in [0.1, 0.15) is 11.7 Å². The van der Waals surface area contributed by atoms with E-state index < -0.39 is 30.7 Å². The zero-order valence-corrected chi connectivity index (χ0v) is 24.2. The molecule has 2 saturated heterocycles. The van der Waals surface area contributed by atoms with E-state index in [0.29, 0.717) is 42.0 Å². The van der Waals surface area contributed by atoms with Crippen molar-refractivity contribution in [2.75, 3.05) is 45.8 Å². The minimum absolute atomic E-state index is 0.0126. The van der Waals surface area contributed by atoms with Crippen LogP contribution in [-0.2, 0) is 27.2 Å². The van der Waals surface area contributed by atoms with Gasteiger partial charge >= 0.3 is 6.18 Å². The second kappa shape index (κ2) is 12.9. The normalized spacial score (nSPS) is 20.7. The van der Waals surface area contributed by atoms with E-state index in [1.165, 1.54) is 20.4 Å². The lowest BCUT2D eigenvalue weighted by Gasteiger charge is -2.43. The lowest BCUT2D eigenvalue weighted by molar-refractivity contribution is -0.126. The number of hydrogen-bond acceptors (Lipinski definition) is 11. The molecule has 1 amide bonds. The molecule has 2 fully saturated rings. The molecule has 2 aliphatic rings. The van der Waals surface area contributed by atoms with Gasteiger partial charge in [-0.25, -0.2) is 4.39 Å². The van der Waals surface area contributed by atoms with Crippen molar-refractivity contribution in [3.05, 3.63) is 41.1 Å². The SMILES string of the molecule is CN=C/C(C(=O)NCc1nc(-c2sc3c(N[C@@H]4CCN(C5COC5)C[C@@H]4F)cccc3c2CC(F)(F)F)no1)=C(\N)OC. The molecule has 1 aromatic carbocycles. The van der Waals surface area contributed by atoms with E-state index in [9.17, 15) is 18.0 Å². The van der Waals surface area contributed by atoms with Gasteiger partial charge in [0.2, 0.25) is 11.7 Å². The number of alkyl halides is 4. The number of ether oxygens (including phenoxy) is 2. The van der Waals surface area contributed by atoms with Crippen LogP contribution in [0.1, 0.15) is 17.9 Å². The number of piperidine rings is 1. The highest BCUT2D eigenvalue weighted by Crippen LogP contribution is 2.43. The number of methoxy groups -OCH3 is 1. The number of amides is 1. The second-order valence-corrected chi connectivity index (χ2v) is 11.2. The van der Waals surface area contributed by atoms with Gasteiger partial charge in [0.15, 0.2) is 5.88 Å². The van der Waals surface area contributed by atoms with Crippen LogP contribution >= 0.6 is 11.3 Å². The predicted molar refractivity (Wildman–Crippen MR) is 152 cm³/mol. The monoisotopic (exact) mass is 625 g/mol. The van der Waals surface area contributed by atoms with E-state index in [-0.39, 0.29) is 52.7 Å². The Balaban J connectivity index is 1.39. The topological polar surface area (TPSA) is 140 Å². The van der Waals surface area contributed by atoms with E-state index in [1.54, 1.807) is 18.2 Å². The van der Waals surface area contributed by atoms with Gasteiger partial charge in [-0.15, -0.1) is 11.3 Å². The van der Waals surface area contributed by atoms with E-state index in [0.717, 1.165) is 11.3 Å². The van der Waals surface area contributed by atoms with Crippen LogP contribution in [0.4, 0.5) is 23.2 Å². The van der Waals surface area contributed by atoms with E-state index >= 15 is 4.39 Å². The van der Waals surface area contributed by atoms with Crippen LogP contribution in [0.5, 0.6) is 0 Å². The van der Waals surface area contributed by atoms with Crippen LogP contribution in [0.25, 0.3) is 20.8 Å². The molecule has 4 heterocycles. The van der Waals surface area contributed by atoms with Crippen molar-refractivity contribution in [3.63, 3.8) is 0 Å². The van der Waals surface area contributed by atoms with Crippen molar-refractivity contribution in [1.82, 2.24) is 20.4 Å². The first-order valence-corrected chi connectivity index (χ1v) is 14.3. The number of nitrogens with one attached hydrogen (secondary N) is 2. The first kappa shape index (κ1) is 30.7. The zero-order chi connectivity index (χ0) is 30.7. The maximum absolute atomic E-state index is 15.2. The van der Waals surface area contributed by atoms with Crippen LogP contribution in [-0.4, -0.2) is 92.1 Å². The maximum atomic E-state index is 15.2. The summed E-state index contributed by atoms with van der Waals surface area (Å²) in [5.74, 6) is -0.876. The van der Waals surface area contributed by atoms with Gasteiger partial charge in [0.05, 0.1) is 60.6 Å². The number of hydrogen-bond donors (Lipinski definition) is 3. The highest BCUT2D eigenvalue weighted by Gasteiger charge is 2.36. The second-order valence-electron chi connectivity index (χ2n) is 10.2. The van der Waals surface area contributed by atoms with Gasteiger partial charge in [-0.1, -0.05) is 17.3 Å². The number of halogens is 4. The number of aliphatic imine (C=N–C) groups is 1. The lowest BCUT2D eigenvalue weighted by atomic mass is 10.00. The summed E-state index contributed by atoms with van der Waals surface area (Å²) in [5, 5.41) is 10.1. The van der Waals surface area contributed by atoms with E-state index in [1.807, 2.05) is 0 Å². The number of benzene rings is 1. The number of carbonyl (C=O) groups excluding carboxylic acids is 1. The Bertz CT molecular complexity index is 1520. The molecule has 0 spiro atoms. The Morgan fingerprint density at radius 1 is 1.35 bits per heavy atom. The smallest absolute Gasteiger partial charge is 0.393 e. The molecule has 232 valence electrons. The summed E-state index contributed by atoms with van der Waals surface area (Å²) >= 11 is 1.07. The van der Waals surface area contributed by atoms with Crippen molar-refractivity contribution < 1.29 is 36.4 Å². The summed E-state index contributed by atoms with van der Waals surface area (Å²) in [7, 11) is 2.75. The number of thiophene rings is 1. The van der Waals surface area contributed by atoms with Crippen molar-refractivity contribution in [1.29, 1.82) is 0 Å². The molecule has 2 aromatic heterocycles. The fourth-order valence-electron chi connectivity index (χ4n) is 5.04. The third kappa shape index (κ3) is 6.91. The molecule has 43 heavy (non-hydrogen) atoms. The summed E-state index contributed by atoms with van der Waals surface area (Å²) < 4.78 is 72.3. The number of aromatic nitrogens is 2. The molecule has 0 bridgehead atoms. The van der Waals surface area contributed by atoms with Crippen LogP contribution in [0, 0.1) is 0 Å². The van der Waals surface area contributed by atoms with Gasteiger partial charge in [-0.2, -0.15) is 18.2 Å². The summed E-state index contributed by atoms with van der Waals surface area (Å²) in [6.07, 6.45) is -5.14. The molecule has 0 saturated carbocycles. The minimum atomic E-state index is -4.51. The van der Waals surface area contributed by atoms with Gasteiger partial charge in [-0.3, -0.25) is 14.7 Å². The molecule has 2 aliphatic heterocycles. The number of nitrogens with two attached hydrogens (primary N) is 1. The zero-order valence-electron chi connectivity index (χ0n) is 23.4. The number of rotatable bonds is 10. The molecule has 0 radical (unpaired) electrons. The molecule has 16 heteroatoms. The predicted octanol–water partition coefficient (Wildman–Crippen LogP) is 3.41. The minimum Gasteiger partial charge on any atom is -0.482 e. The summed E-state index contributed by atoms with van der Waals surface area (Å²) in [6.45, 7) is 1.93. The Hall–Kier alpha value is -3.76. The Kier molecular flexibility index (Phi) is 9.17. The molecule has 0 unspecified atom stereocenters. The lowest BCUT2D eigenvalue weighted by Crippen LogP contribution is -2.57. The molecule has 0 aliphatic carbocycles. The summed E-state index contributed by atoms with van der Waals surface area (Å²) in [4.78, 5) is 22.8. The van der Waals surface area contributed by atoms with Gasteiger partial charge < -0.3 is 30.4 Å². The fourth-order valence-corrected chi connectivity index (χ4v) is 6.26. The quantitative estimate of drug-likeness (QED) is 0.134.